The van der Waals surface area contributed by atoms with Crippen LogP contribution in [-0.4, -0.2) is 31.8 Å². The number of fused-ring (bicyclic) bond motifs is 1. The second kappa shape index (κ2) is 5.56. The van der Waals surface area contributed by atoms with Gasteiger partial charge in [0.05, 0.1) is 25.2 Å². The first-order valence-corrected chi connectivity index (χ1v) is 5.77. The van der Waals surface area contributed by atoms with E-state index < -0.39 is 24.0 Å². The molecule has 0 atom stereocenters. The molecule has 0 saturated carbocycles. The third-order valence-corrected chi connectivity index (χ3v) is 2.81. The highest BCUT2D eigenvalue weighted by Gasteiger charge is 2.25. The number of hydrogen-bond donors (Lipinski definition) is 0. The van der Waals surface area contributed by atoms with Gasteiger partial charge in [-0.3, -0.25) is 14.4 Å². The fourth-order valence-corrected chi connectivity index (χ4v) is 1.83. The molecule has 0 aliphatic carbocycles. The molecule has 0 spiro atoms. The number of methoxy groups -OCH3 is 2. The summed E-state index contributed by atoms with van der Waals surface area (Å²) in [7, 11) is 2.60. The van der Waals surface area contributed by atoms with Gasteiger partial charge in [0.25, 0.3) is 0 Å². The molecule has 2 rings (SSSR count). The van der Waals surface area contributed by atoms with Gasteiger partial charge in [-0.25, -0.2) is 0 Å². The molecular formula is C14H12O6. The number of benzene rings is 1. The maximum atomic E-state index is 12.1. The summed E-state index contributed by atoms with van der Waals surface area (Å²) < 4.78 is 14.7. The summed E-state index contributed by atoms with van der Waals surface area (Å²) in [6, 6.07) is 5.01. The monoisotopic (exact) mass is 276 g/mol. The van der Waals surface area contributed by atoms with Crippen LogP contribution in [0.3, 0.4) is 0 Å². The van der Waals surface area contributed by atoms with Crippen molar-refractivity contribution in [1.82, 2.24) is 0 Å². The Balaban J connectivity index is 2.40. The lowest BCUT2D eigenvalue weighted by Gasteiger charge is -2.02. The van der Waals surface area contributed by atoms with Gasteiger partial charge in [0, 0.05) is 0 Å². The Morgan fingerprint density at radius 1 is 1.20 bits per heavy atom. The largest absolute Gasteiger partial charge is 0.496 e. The summed E-state index contributed by atoms with van der Waals surface area (Å²) in [5, 5.41) is 0.415. The third kappa shape index (κ3) is 2.40. The molecule has 0 saturated heterocycles. The van der Waals surface area contributed by atoms with Crippen LogP contribution in [0.5, 0.6) is 5.75 Å². The van der Waals surface area contributed by atoms with Crippen LogP contribution in [0.2, 0.25) is 0 Å². The van der Waals surface area contributed by atoms with Crippen LogP contribution in [0.15, 0.2) is 28.9 Å². The Hall–Kier alpha value is -2.63. The van der Waals surface area contributed by atoms with Crippen LogP contribution in [-0.2, 0) is 14.3 Å². The summed E-state index contributed by atoms with van der Waals surface area (Å²) >= 11 is 0. The Bertz CT molecular complexity index is 682. The number of furan rings is 1. The lowest BCUT2D eigenvalue weighted by atomic mass is 10.0. The standard InChI is InChI=1S/C14H12O6/c1-18-10-4-3-5-11-13(10)8(7-20-11)14(17)9(15)6-12(16)19-2/h3-5,7H,6H2,1-2H3. The van der Waals surface area contributed by atoms with Gasteiger partial charge in [-0.15, -0.1) is 0 Å². The maximum Gasteiger partial charge on any atom is 0.313 e. The molecule has 6 heteroatoms. The minimum absolute atomic E-state index is 0.0753. The van der Waals surface area contributed by atoms with E-state index in [-0.39, 0.29) is 5.56 Å². The molecular weight excluding hydrogens is 264 g/mol. The smallest absolute Gasteiger partial charge is 0.313 e. The zero-order chi connectivity index (χ0) is 14.7. The van der Waals surface area contributed by atoms with Gasteiger partial charge >= 0.3 is 5.97 Å². The van der Waals surface area contributed by atoms with E-state index in [1.165, 1.54) is 13.4 Å². The molecule has 0 radical (unpaired) electrons. The first-order chi connectivity index (χ1) is 9.58. The Labute approximate surface area is 114 Å². The highest BCUT2D eigenvalue weighted by Crippen LogP contribution is 2.30. The average Bonchev–Trinajstić information content (AvgIpc) is 2.89. The summed E-state index contributed by atoms with van der Waals surface area (Å²) in [4.78, 5) is 34.8. The van der Waals surface area contributed by atoms with Crippen molar-refractivity contribution < 1.29 is 28.3 Å². The van der Waals surface area contributed by atoms with Gasteiger partial charge in [0.1, 0.15) is 24.0 Å². The van der Waals surface area contributed by atoms with E-state index in [1.807, 2.05) is 0 Å². The molecule has 1 heterocycles. The lowest BCUT2D eigenvalue weighted by molar-refractivity contribution is -0.142. The molecule has 0 fully saturated rings. The zero-order valence-corrected chi connectivity index (χ0v) is 11.0. The Morgan fingerprint density at radius 3 is 2.60 bits per heavy atom. The van der Waals surface area contributed by atoms with Crippen molar-refractivity contribution in [2.75, 3.05) is 14.2 Å². The minimum Gasteiger partial charge on any atom is -0.496 e. The van der Waals surface area contributed by atoms with Crippen molar-refractivity contribution >= 4 is 28.5 Å². The van der Waals surface area contributed by atoms with Crippen molar-refractivity contribution in [2.45, 2.75) is 6.42 Å². The molecule has 0 aliphatic heterocycles. The Kier molecular flexibility index (Phi) is 3.84. The van der Waals surface area contributed by atoms with E-state index >= 15 is 0 Å². The molecule has 0 N–H and O–H groups in total. The molecule has 1 aromatic carbocycles. The second-order valence-corrected chi connectivity index (χ2v) is 3.99. The second-order valence-electron chi connectivity index (χ2n) is 3.99. The van der Waals surface area contributed by atoms with Gasteiger partial charge in [0.2, 0.25) is 11.6 Å². The number of ether oxygens (including phenoxy) is 2. The van der Waals surface area contributed by atoms with E-state index in [2.05, 4.69) is 4.74 Å². The van der Waals surface area contributed by atoms with Gasteiger partial charge < -0.3 is 13.9 Å². The van der Waals surface area contributed by atoms with Crippen molar-refractivity contribution in [2.24, 2.45) is 0 Å². The van der Waals surface area contributed by atoms with E-state index in [9.17, 15) is 14.4 Å². The molecule has 0 bridgehead atoms. The number of Topliss-reactive ketones (excluding diaryl/α,β-unsaturated/α-hetero) is 2. The van der Waals surface area contributed by atoms with Gasteiger partial charge in [-0.1, -0.05) is 6.07 Å². The van der Waals surface area contributed by atoms with Crippen LogP contribution < -0.4 is 4.74 Å². The van der Waals surface area contributed by atoms with Crippen LogP contribution in [0, 0.1) is 0 Å². The van der Waals surface area contributed by atoms with Crippen LogP contribution in [0.25, 0.3) is 11.0 Å². The molecule has 104 valence electrons. The van der Waals surface area contributed by atoms with Crippen LogP contribution in [0.1, 0.15) is 16.8 Å². The van der Waals surface area contributed by atoms with Gasteiger partial charge in [-0.05, 0) is 12.1 Å². The van der Waals surface area contributed by atoms with E-state index in [0.717, 1.165) is 7.11 Å². The van der Waals surface area contributed by atoms with Gasteiger partial charge in [0.15, 0.2) is 0 Å². The van der Waals surface area contributed by atoms with E-state index in [0.29, 0.717) is 16.7 Å². The Morgan fingerprint density at radius 2 is 1.95 bits per heavy atom. The first-order valence-electron chi connectivity index (χ1n) is 5.77. The quantitative estimate of drug-likeness (QED) is 0.358. The summed E-state index contributed by atoms with van der Waals surface area (Å²) in [6.45, 7) is 0. The number of carbonyl (C=O) groups excluding carboxylic acids is 3. The number of hydrogen-bond acceptors (Lipinski definition) is 6. The van der Waals surface area contributed by atoms with Crippen LogP contribution >= 0.6 is 0 Å². The molecule has 0 amide bonds. The fourth-order valence-electron chi connectivity index (χ4n) is 1.83. The number of esters is 1. The molecule has 2 aromatic rings. The highest BCUT2D eigenvalue weighted by molar-refractivity contribution is 6.47. The summed E-state index contributed by atoms with van der Waals surface area (Å²) in [5.74, 6) is -2.00. The minimum atomic E-state index is -0.856. The maximum absolute atomic E-state index is 12.1. The number of carbonyl (C=O) groups is 3. The zero-order valence-electron chi connectivity index (χ0n) is 11.0. The number of ketones is 2. The van der Waals surface area contributed by atoms with Crippen LogP contribution in [0.4, 0.5) is 0 Å². The molecule has 6 nitrogen and oxygen atoms in total. The predicted octanol–water partition coefficient (Wildman–Crippen LogP) is 1.76. The van der Waals surface area contributed by atoms with Crippen molar-refractivity contribution in [3.05, 3.63) is 30.0 Å². The van der Waals surface area contributed by atoms with Crippen molar-refractivity contribution in [1.29, 1.82) is 0 Å². The normalized spacial score (nSPS) is 10.3. The number of rotatable bonds is 5. The van der Waals surface area contributed by atoms with Gasteiger partial charge in [-0.2, -0.15) is 0 Å². The summed E-state index contributed by atoms with van der Waals surface area (Å²) in [5.41, 5.74) is 0.505. The highest BCUT2D eigenvalue weighted by atomic mass is 16.5. The van der Waals surface area contributed by atoms with E-state index in [4.69, 9.17) is 9.15 Å². The van der Waals surface area contributed by atoms with Crippen molar-refractivity contribution in [3.8, 4) is 5.75 Å². The fraction of sp³-hybridized carbons (Fsp3) is 0.214. The third-order valence-electron chi connectivity index (χ3n) is 2.81. The average molecular weight is 276 g/mol. The SMILES string of the molecule is COC(=O)CC(=O)C(=O)c1coc2cccc(OC)c12. The predicted molar refractivity (Wildman–Crippen MR) is 68.7 cm³/mol. The molecule has 0 unspecified atom stereocenters. The van der Waals surface area contributed by atoms with E-state index in [1.54, 1.807) is 18.2 Å². The lowest BCUT2D eigenvalue weighted by Crippen LogP contribution is -2.18. The molecule has 20 heavy (non-hydrogen) atoms. The first kappa shape index (κ1) is 13.8. The molecule has 0 aliphatic rings. The van der Waals surface area contributed by atoms with Crippen molar-refractivity contribution in [3.63, 3.8) is 0 Å². The topological polar surface area (TPSA) is 82.8 Å². The molecule has 1 aromatic heterocycles. The summed E-state index contributed by atoms with van der Waals surface area (Å²) in [6.07, 6.45) is 0.585.